The number of rotatable bonds is 6. The van der Waals surface area contributed by atoms with Crippen LogP contribution in [0.2, 0.25) is 5.02 Å². The number of benzene rings is 1. The van der Waals surface area contributed by atoms with Gasteiger partial charge in [0.1, 0.15) is 5.82 Å². The number of guanidine groups is 1. The van der Waals surface area contributed by atoms with Gasteiger partial charge in [-0.05, 0) is 30.5 Å². The van der Waals surface area contributed by atoms with E-state index in [2.05, 4.69) is 50.0 Å². The maximum Gasteiger partial charge on any atom is 0.191 e. The van der Waals surface area contributed by atoms with E-state index < -0.39 is 0 Å². The van der Waals surface area contributed by atoms with E-state index in [-0.39, 0.29) is 0 Å². The second kappa shape index (κ2) is 9.13. The molecule has 27 heavy (non-hydrogen) atoms. The molecule has 1 unspecified atom stereocenters. The van der Waals surface area contributed by atoms with Crippen molar-refractivity contribution in [3.63, 3.8) is 0 Å². The third kappa shape index (κ3) is 5.39. The Morgan fingerprint density at radius 2 is 2.26 bits per heavy atom. The number of aliphatic imine (C=N–C) groups is 1. The van der Waals surface area contributed by atoms with E-state index in [0.717, 1.165) is 42.9 Å². The van der Waals surface area contributed by atoms with Crippen LogP contribution in [-0.2, 0) is 13.1 Å². The summed E-state index contributed by atoms with van der Waals surface area (Å²) in [5, 5.41) is 7.70. The largest absolute Gasteiger partial charge is 0.369 e. The Bertz CT molecular complexity index is 769. The lowest BCUT2D eigenvalue weighted by Crippen LogP contribution is -2.44. The normalized spacial score (nSPS) is 17.6. The highest BCUT2D eigenvalue weighted by molar-refractivity contribution is 6.30. The first-order chi connectivity index (χ1) is 13.0. The second-order valence-electron chi connectivity index (χ2n) is 7.37. The molecule has 1 saturated heterocycles. The molecular weight excluding hydrogens is 360 g/mol. The van der Waals surface area contributed by atoms with Crippen LogP contribution < -0.4 is 15.5 Å². The predicted molar refractivity (Wildman–Crippen MR) is 112 cm³/mol. The second-order valence-corrected chi connectivity index (χ2v) is 7.81. The van der Waals surface area contributed by atoms with Crippen molar-refractivity contribution in [3.8, 4) is 0 Å². The zero-order valence-electron chi connectivity index (χ0n) is 16.3. The SMILES string of the molecule is CN=C(NCc1nccn1CC(C)C)NC1CCN(c2cccc(Cl)c2)C1. The first kappa shape index (κ1) is 19.5. The number of nitrogens with one attached hydrogen (secondary N) is 2. The van der Waals surface area contributed by atoms with Gasteiger partial charge in [0.15, 0.2) is 5.96 Å². The Balaban J connectivity index is 1.52. The fourth-order valence-electron chi connectivity index (χ4n) is 3.40. The van der Waals surface area contributed by atoms with E-state index in [9.17, 15) is 0 Å². The molecule has 0 bridgehead atoms. The Hall–Kier alpha value is -2.21. The summed E-state index contributed by atoms with van der Waals surface area (Å²) >= 11 is 6.12. The Morgan fingerprint density at radius 1 is 1.41 bits per heavy atom. The molecule has 0 radical (unpaired) electrons. The Morgan fingerprint density at radius 3 is 3.00 bits per heavy atom. The van der Waals surface area contributed by atoms with Crippen molar-refractivity contribution in [2.45, 2.75) is 39.4 Å². The lowest BCUT2D eigenvalue weighted by atomic mass is 10.2. The van der Waals surface area contributed by atoms with Crippen molar-refractivity contribution < 1.29 is 0 Å². The van der Waals surface area contributed by atoms with Gasteiger partial charge in [0, 0.05) is 55.8 Å². The Kier molecular flexibility index (Phi) is 6.61. The fraction of sp³-hybridized carbons (Fsp3) is 0.500. The monoisotopic (exact) mass is 388 g/mol. The zero-order chi connectivity index (χ0) is 19.2. The van der Waals surface area contributed by atoms with Gasteiger partial charge in [0.25, 0.3) is 0 Å². The van der Waals surface area contributed by atoms with E-state index in [1.165, 1.54) is 5.69 Å². The Labute approximate surface area is 166 Å². The molecular formula is C20H29ClN6. The molecule has 1 aromatic carbocycles. The van der Waals surface area contributed by atoms with Gasteiger partial charge in [-0.2, -0.15) is 0 Å². The minimum atomic E-state index is 0.352. The molecule has 0 saturated carbocycles. The fourth-order valence-corrected chi connectivity index (χ4v) is 3.59. The third-order valence-electron chi connectivity index (χ3n) is 4.70. The molecule has 2 aromatic rings. The first-order valence-corrected chi connectivity index (χ1v) is 9.90. The summed E-state index contributed by atoms with van der Waals surface area (Å²) in [7, 11) is 1.81. The third-order valence-corrected chi connectivity index (χ3v) is 4.94. The molecule has 1 aromatic heterocycles. The van der Waals surface area contributed by atoms with Gasteiger partial charge in [-0.15, -0.1) is 0 Å². The van der Waals surface area contributed by atoms with Crippen LogP contribution in [0.15, 0.2) is 41.7 Å². The van der Waals surface area contributed by atoms with Crippen molar-refractivity contribution >= 4 is 23.2 Å². The minimum Gasteiger partial charge on any atom is -0.369 e. The van der Waals surface area contributed by atoms with E-state index in [1.54, 1.807) is 7.05 Å². The highest BCUT2D eigenvalue weighted by atomic mass is 35.5. The van der Waals surface area contributed by atoms with Crippen LogP contribution in [0.25, 0.3) is 0 Å². The summed E-state index contributed by atoms with van der Waals surface area (Å²) in [6, 6.07) is 8.39. The highest BCUT2D eigenvalue weighted by Crippen LogP contribution is 2.23. The van der Waals surface area contributed by atoms with Crippen LogP contribution >= 0.6 is 11.6 Å². The maximum atomic E-state index is 6.12. The summed E-state index contributed by atoms with van der Waals surface area (Å²) in [6.07, 6.45) is 4.96. The van der Waals surface area contributed by atoms with Crippen LogP contribution in [0.1, 0.15) is 26.1 Å². The van der Waals surface area contributed by atoms with Gasteiger partial charge in [0.2, 0.25) is 0 Å². The molecule has 1 aliphatic rings. The van der Waals surface area contributed by atoms with Gasteiger partial charge in [-0.1, -0.05) is 31.5 Å². The molecule has 3 rings (SSSR count). The van der Waals surface area contributed by atoms with E-state index in [1.807, 2.05) is 30.6 Å². The highest BCUT2D eigenvalue weighted by Gasteiger charge is 2.23. The minimum absolute atomic E-state index is 0.352. The lowest BCUT2D eigenvalue weighted by Gasteiger charge is -2.20. The smallest absolute Gasteiger partial charge is 0.191 e. The summed E-state index contributed by atoms with van der Waals surface area (Å²) in [4.78, 5) is 11.2. The van der Waals surface area contributed by atoms with Crippen LogP contribution in [-0.4, -0.2) is 41.7 Å². The molecule has 6 nitrogen and oxygen atoms in total. The molecule has 1 atom stereocenters. The van der Waals surface area contributed by atoms with Gasteiger partial charge in [-0.25, -0.2) is 4.98 Å². The molecule has 0 aliphatic carbocycles. The van der Waals surface area contributed by atoms with Gasteiger partial charge in [-0.3, -0.25) is 4.99 Å². The molecule has 146 valence electrons. The maximum absolute atomic E-state index is 6.12. The molecule has 0 spiro atoms. The number of nitrogens with zero attached hydrogens (tertiary/aromatic N) is 4. The number of aromatic nitrogens is 2. The van der Waals surface area contributed by atoms with E-state index in [4.69, 9.17) is 11.6 Å². The zero-order valence-corrected chi connectivity index (χ0v) is 17.1. The standard InChI is InChI=1S/C20H29ClN6/c1-15(2)13-27-10-8-23-19(27)12-24-20(22-3)25-17-7-9-26(14-17)18-6-4-5-16(21)11-18/h4-6,8,10-11,15,17H,7,9,12-14H2,1-3H3,(H2,22,24,25). The predicted octanol–water partition coefficient (Wildman–Crippen LogP) is 3.14. The van der Waals surface area contributed by atoms with Crippen molar-refractivity contribution in [3.05, 3.63) is 47.5 Å². The number of hydrogen-bond donors (Lipinski definition) is 2. The number of imidazole rings is 1. The van der Waals surface area contributed by atoms with Crippen LogP contribution in [0.3, 0.4) is 0 Å². The van der Waals surface area contributed by atoms with Gasteiger partial charge < -0.3 is 20.1 Å². The molecule has 2 heterocycles. The molecule has 1 aliphatic heterocycles. The number of anilines is 1. The lowest BCUT2D eigenvalue weighted by molar-refractivity contribution is 0.503. The molecule has 0 amide bonds. The van der Waals surface area contributed by atoms with Crippen molar-refractivity contribution in [1.29, 1.82) is 0 Å². The summed E-state index contributed by atoms with van der Waals surface area (Å²) < 4.78 is 2.20. The molecule has 7 heteroatoms. The van der Waals surface area contributed by atoms with Crippen LogP contribution in [0.5, 0.6) is 0 Å². The van der Waals surface area contributed by atoms with Crippen molar-refractivity contribution in [2.75, 3.05) is 25.0 Å². The van der Waals surface area contributed by atoms with Crippen LogP contribution in [0, 0.1) is 5.92 Å². The summed E-state index contributed by atoms with van der Waals surface area (Å²) in [6.45, 7) is 7.99. The summed E-state index contributed by atoms with van der Waals surface area (Å²) in [5.41, 5.74) is 1.17. The number of hydrogen-bond acceptors (Lipinski definition) is 3. The first-order valence-electron chi connectivity index (χ1n) is 9.53. The van der Waals surface area contributed by atoms with Crippen LogP contribution in [0.4, 0.5) is 5.69 Å². The summed E-state index contributed by atoms with van der Waals surface area (Å²) in [5.74, 6) is 2.43. The average molecular weight is 389 g/mol. The topological polar surface area (TPSA) is 57.5 Å². The van der Waals surface area contributed by atoms with Gasteiger partial charge in [0.05, 0.1) is 6.54 Å². The molecule has 2 N–H and O–H groups in total. The quantitative estimate of drug-likeness (QED) is 0.589. The average Bonchev–Trinajstić information content (AvgIpc) is 3.27. The van der Waals surface area contributed by atoms with Crippen molar-refractivity contribution in [1.82, 2.24) is 20.2 Å². The van der Waals surface area contributed by atoms with E-state index >= 15 is 0 Å². The van der Waals surface area contributed by atoms with Crippen molar-refractivity contribution in [2.24, 2.45) is 10.9 Å². The van der Waals surface area contributed by atoms with E-state index in [0.29, 0.717) is 18.5 Å². The number of halogens is 1. The molecule has 1 fully saturated rings. The van der Waals surface area contributed by atoms with Gasteiger partial charge >= 0.3 is 0 Å².